The van der Waals surface area contributed by atoms with Crippen LogP contribution in [0.15, 0.2) is 60.7 Å². The van der Waals surface area contributed by atoms with E-state index in [0.717, 1.165) is 11.3 Å². The summed E-state index contributed by atoms with van der Waals surface area (Å²) in [5.41, 5.74) is 4.69. The van der Waals surface area contributed by atoms with Crippen molar-refractivity contribution in [2.45, 2.75) is 51.3 Å². The molecule has 0 fully saturated rings. The number of hydrogen-bond donors (Lipinski definition) is 0. The zero-order chi connectivity index (χ0) is 17.4. The topological polar surface area (TPSA) is 0 Å². The van der Waals surface area contributed by atoms with Gasteiger partial charge in [0.05, 0.1) is 0 Å². The Bertz CT molecular complexity index is 520. The van der Waals surface area contributed by atoms with Crippen LogP contribution in [-0.4, -0.2) is 23.6 Å². The molecule has 0 radical (unpaired) electrons. The first kappa shape index (κ1) is 26.3. The van der Waals surface area contributed by atoms with Crippen LogP contribution in [0.5, 0.6) is 0 Å². The van der Waals surface area contributed by atoms with E-state index in [-0.39, 0.29) is 49.8 Å². The van der Waals surface area contributed by atoms with E-state index in [9.17, 15) is 0 Å². The van der Waals surface area contributed by atoms with E-state index in [0.29, 0.717) is 0 Å². The zero-order valence-electron chi connectivity index (χ0n) is 16.5. The lowest BCUT2D eigenvalue weighted by Gasteiger charge is -2.27. The van der Waals surface area contributed by atoms with E-state index < -0.39 is 0 Å². The van der Waals surface area contributed by atoms with Gasteiger partial charge in [-0.3, -0.25) is 0 Å². The Kier molecular flexibility index (Phi) is 14.4. The molecule has 2 aromatic rings. The first-order valence-corrected chi connectivity index (χ1v) is 12.7. The van der Waals surface area contributed by atoms with Crippen molar-refractivity contribution in [3.05, 3.63) is 71.8 Å². The molecular weight excluding hydrogens is 486 g/mol. The van der Waals surface area contributed by atoms with Gasteiger partial charge in [-0.2, -0.15) is 0 Å². The normalized spacial score (nSPS) is 13.0. The molecule has 2 unspecified atom stereocenters. The smallest absolute Gasteiger partial charge is 0.00707 e. The average molecular weight is 520 g/mol. The number of benzene rings is 2. The van der Waals surface area contributed by atoms with Crippen LogP contribution in [0.4, 0.5) is 0 Å². The summed E-state index contributed by atoms with van der Waals surface area (Å²) >= 11 is 0. The van der Waals surface area contributed by atoms with Crippen molar-refractivity contribution in [1.82, 2.24) is 0 Å². The summed E-state index contributed by atoms with van der Waals surface area (Å²) in [6.45, 7) is 9.68. The molecule has 0 N–H and O–H groups in total. The van der Waals surface area contributed by atoms with Crippen LogP contribution in [-0.2, 0) is 12.3 Å². The van der Waals surface area contributed by atoms with Crippen molar-refractivity contribution in [2.75, 3.05) is 12.3 Å². The summed E-state index contributed by atoms with van der Waals surface area (Å²) in [5.74, 6) is 0. The minimum absolute atomic E-state index is 0. The first-order chi connectivity index (χ1) is 11.6. The Labute approximate surface area is 184 Å². The van der Waals surface area contributed by atoms with Crippen LogP contribution < -0.4 is 0 Å². The fourth-order valence-corrected chi connectivity index (χ4v) is 8.43. The predicted molar refractivity (Wildman–Crippen MR) is 135 cm³/mol. The maximum Gasteiger partial charge on any atom is -0.00707 e. The molecule has 2 atom stereocenters. The SMILES string of the molecule is Br.Br.CC(C)P(CCP(Cc1ccccc1)C(C)C)Cc1ccccc1. The maximum atomic E-state index is 2.42. The molecule has 2 rings (SSSR count). The summed E-state index contributed by atoms with van der Waals surface area (Å²) in [6, 6.07) is 22.2. The second-order valence-corrected chi connectivity index (χ2v) is 13.0. The van der Waals surface area contributed by atoms with Crippen LogP contribution in [0.3, 0.4) is 0 Å². The van der Waals surface area contributed by atoms with Gasteiger partial charge in [-0.15, -0.1) is 34.0 Å². The molecule has 0 aromatic heterocycles. The molecule has 0 saturated heterocycles. The number of halogens is 2. The summed E-state index contributed by atoms with van der Waals surface area (Å²) < 4.78 is 0. The van der Waals surface area contributed by atoms with Crippen LogP contribution in [0.25, 0.3) is 0 Å². The standard InChI is InChI=1S/C22H32P2.2BrH/c1-19(2)23(17-21-11-7-5-8-12-21)15-16-24(20(3)4)18-22-13-9-6-10-14-22;;/h5-14,19-20H,15-18H2,1-4H3;2*1H. The second-order valence-electron chi connectivity index (χ2n) is 7.10. The fourth-order valence-electron chi connectivity index (χ4n) is 2.93. The highest BCUT2D eigenvalue weighted by molar-refractivity contribution is 8.93. The Hall–Kier alpha value is 0.260. The fraction of sp³-hybridized carbons (Fsp3) is 0.455. The van der Waals surface area contributed by atoms with E-state index in [4.69, 9.17) is 0 Å². The minimum Gasteiger partial charge on any atom is -0.114 e. The van der Waals surface area contributed by atoms with Gasteiger partial charge in [0.1, 0.15) is 0 Å². The Morgan fingerprint density at radius 3 is 1.15 bits per heavy atom. The Morgan fingerprint density at radius 2 is 0.885 bits per heavy atom. The van der Waals surface area contributed by atoms with Crippen LogP contribution >= 0.6 is 49.8 Å². The summed E-state index contributed by atoms with van der Waals surface area (Å²) in [6.07, 6.45) is 5.44. The van der Waals surface area contributed by atoms with Gasteiger partial charge in [0, 0.05) is 0 Å². The molecule has 0 bridgehead atoms. The summed E-state index contributed by atoms with van der Waals surface area (Å²) in [5, 5.41) is 0. The molecule has 26 heavy (non-hydrogen) atoms. The summed E-state index contributed by atoms with van der Waals surface area (Å²) in [4.78, 5) is 0. The quantitative estimate of drug-likeness (QED) is 0.292. The molecule has 0 nitrogen and oxygen atoms in total. The van der Waals surface area contributed by atoms with Crippen LogP contribution in [0.1, 0.15) is 38.8 Å². The molecule has 0 spiro atoms. The zero-order valence-corrected chi connectivity index (χ0v) is 21.7. The lowest BCUT2D eigenvalue weighted by molar-refractivity contribution is 1.05. The average Bonchev–Trinajstić information content (AvgIpc) is 2.58. The van der Waals surface area contributed by atoms with Gasteiger partial charge in [-0.1, -0.05) is 104 Å². The molecule has 4 heteroatoms. The van der Waals surface area contributed by atoms with E-state index in [2.05, 4.69) is 88.4 Å². The molecule has 0 aliphatic heterocycles. The largest absolute Gasteiger partial charge is 0.114 e. The summed E-state index contributed by atoms with van der Waals surface area (Å²) in [7, 11) is 0.177. The highest BCUT2D eigenvalue weighted by Crippen LogP contribution is 2.51. The van der Waals surface area contributed by atoms with Crippen LogP contribution in [0, 0.1) is 0 Å². The lowest BCUT2D eigenvalue weighted by Crippen LogP contribution is -2.07. The van der Waals surface area contributed by atoms with E-state index in [1.54, 1.807) is 0 Å². The van der Waals surface area contributed by atoms with Gasteiger partial charge in [0.2, 0.25) is 0 Å². The monoisotopic (exact) mass is 518 g/mol. The predicted octanol–water partition coefficient (Wildman–Crippen LogP) is 8.32. The van der Waals surface area contributed by atoms with Gasteiger partial charge in [-0.05, 0) is 47.1 Å². The first-order valence-electron chi connectivity index (χ1n) is 9.12. The van der Waals surface area contributed by atoms with Crippen molar-refractivity contribution in [3.63, 3.8) is 0 Å². The van der Waals surface area contributed by atoms with E-state index >= 15 is 0 Å². The number of hydrogen-bond acceptors (Lipinski definition) is 0. The Balaban J connectivity index is 0.00000312. The van der Waals surface area contributed by atoms with Gasteiger partial charge in [0.15, 0.2) is 0 Å². The van der Waals surface area contributed by atoms with Crippen molar-refractivity contribution < 1.29 is 0 Å². The molecule has 0 aliphatic rings. The highest BCUT2D eigenvalue weighted by Gasteiger charge is 2.18. The molecule has 0 saturated carbocycles. The van der Waals surface area contributed by atoms with E-state index in [1.165, 1.54) is 35.8 Å². The van der Waals surface area contributed by atoms with Crippen molar-refractivity contribution in [2.24, 2.45) is 0 Å². The molecule has 0 aliphatic carbocycles. The van der Waals surface area contributed by atoms with E-state index in [1.807, 2.05) is 0 Å². The second kappa shape index (κ2) is 14.3. The van der Waals surface area contributed by atoms with Gasteiger partial charge < -0.3 is 0 Å². The van der Waals surface area contributed by atoms with Gasteiger partial charge in [-0.25, -0.2) is 0 Å². The third-order valence-corrected chi connectivity index (χ3v) is 11.0. The van der Waals surface area contributed by atoms with Crippen molar-refractivity contribution >= 4 is 49.8 Å². The Morgan fingerprint density at radius 1 is 0.577 bits per heavy atom. The lowest BCUT2D eigenvalue weighted by atomic mass is 10.2. The molecule has 2 aromatic carbocycles. The molecule has 146 valence electrons. The number of rotatable bonds is 9. The van der Waals surface area contributed by atoms with Crippen LogP contribution in [0.2, 0.25) is 0 Å². The van der Waals surface area contributed by atoms with Gasteiger partial charge >= 0.3 is 0 Å². The van der Waals surface area contributed by atoms with Gasteiger partial charge in [0.25, 0.3) is 0 Å². The van der Waals surface area contributed by atoms with Crippen molar-refractivity contribution in [3.8, 4) is 0 Å². The highest BCUT2D eigenvalue weighted by atomic mass is 79.9. The third kappa shape index (κ3) is 9.45. The minimum atomic E-state index is 0. The molecule has 0 heterocycles. The maximum absolute atomic E-state index is 2.42. The molecular formula is C22H34Br2P2. The molecule has 0 amide bonds. The van der Waals surface area contributed by atoms with Crippen molar-refractivity contribution in [1.29, 1.82) is 0 Å². The third-order valence-electron chi connectivity index (χ3n) is 4.59.